The van der Waals surface area contributed by atoms with Crippen molar-refractivity contribution in [3.8, 4) is 0 Å². The largest absolute Gasteiger partial charge is 0.459 e. The third-order valence-electron chi connectivity index (χ3n) is 4.11. The van der Waals surface area contributed by atoms with Gasteiger partial charge in [-0.25, -0.2) is 9.59 Å². The summed E-state index contributed by atoms with van der Waals surface area (Å²) in [5, 5.41) is 0.725. The lowest BCUT2D eigenvalue weighted by Crippen LogP contribution is -2.53. The quantitative estimate of drug-likeness (QED) is 0.494. The molecule has 0 N–H and O–H groups in total. The van der Waals surface area contributed by atoms with Gasteiger partial charge in [0.15, 0.2) is 0 Å². The zero-order chi connectivity index (χ0) is 19.9. The number of piperidine rings is 1. The number of carbonyl (C=O) groups excluding carboxylic acids is 2. The summed E-state index contributed by atoms with van der Waals surface area (Å²) in [6, 6.07) is 8.76. The van der Waals surface area contributed by atoms with Crippen molar-refractivity contribution in [1.29, 1.82) is 0 Å². The van der Waals surface area contributed by atoms with E-state index < -0.39 is 23.7 Å². The second kappa shape index (κ2) is 10.1. The number of nitrogens with zero attached hydrogens (tertiary/aromatic N) is 1. The molecular formula is C20H28BrNO5. The van der Waals surface area contributed by atoms with E-state index in [1.165, 1.54) is 4.90 Å². The molecule has 1 aromatic rings. The molecule has 1 aromatic carbocycles. The Balaban J connectivity index is 2.05. The average Bonchev–Trinajstić information content (AvgIpc) is 2.63. The van der Waals surface area contributed by atoms with Crippen LogP contribution in [-0.4, -0.2) is 53.2 Å². The van der Waals surface area contributed by atoms with Crippen LogP contribution in [0.3, 0.4) is 0 Å². The molecule has 1 amide bonds. The minimum atomic E-state index is -0.711. The Morgan fingerprint density at radius 2 is 1.93 bits per heavy atom. The normalized spacial score (nSPS) is 20.2. The molecule has 2 atom stereocenters. The van der Waals surface area contributed by atoms with Crippen molar-refractivity contribution >= 4 is 28.0 Å². The minimum absolute atomic E-state index is 0.0875. The Morgan fingerprint density at radius 1 is 1.22 bits per heavy atom. The summed E-state index contributed by atoms with van der Waals surface area (Å²) in [4.78, 5) is 26.8. The van der Waals surface area contributed by atoms with E-state index >= 15 is 0 Å². The molecule has 0 spiro atoms. The van der Waals surface area contributed by atoms with Crippen molar-refractivity contribution in [1.82, 2.24) is 4.90 Å². The van der Waals surface area contributed by atoms with Gasteiger partial charge in [0.05, 0.1) is 12.7 Å². The number of halogens is 1. The molecule has 7 heteroatoms. The van der Waals surface area contributed by atoms with Crippen LogP contribution in [0.5, 0.6) is 0 Å². The molecule has 1 aliphatic rings. The number of esters is 1. The Labute approximate surface area is 169 Å². The Bertz CT molecular complexity index is 617. The number of benzene rings is 1. The van der Waals surface area contributed by atoms with E-state index in [4.69, 9.17) is 14.2 Å². The lowest BCUT2D eigenvalue weighted by atomic mass is 9.99. The number of ether oxygens (including phenoxy) is 3. The number of hydrogen-bond acceptors (Lipinski definition) is 5. The maximum Gasteiger partial charge on any atom is 0.411 e. The van der Waals surface area contributed by atoms with Crippen molar-refractivity contribution in [3.05, 3.63) is 35.9 Å². The van der Waals surface area contributed by atoms with E-state index in [1.54, 1.807) is 20.8 Å². The Kier molecular flexibility index (Phi) is 8.10. The van der Waals surface area contributed by atoms with Crippen molar-refractivity contribution in [3.63, 3.8) is 0 Å². The third-order valence-corrected chi connectivity index (χ3v) is 4.43. The van der Waals surface area contributed by atoms with Gasteiger partial charge in [-0.15, -0.1) is 0 Å². The first kappa shape index (κ1) is 21.7. The van der Waals surface area contributed by atoms with Crippen molar-refractivity contribution < 1.29 is 23.8 Å². The molecule has 1 heterocycles. The van der Waals surface area contributed by atoms with Crippen molar-refractivity contribution in [2.24, 2.45) is 0 Å². The molecule has 0 aliphatic carbocycles. The van der Waals surface area contributed by atoms with Crippen LogP contribution in [0.2, 0.25) is 0 Å². The monoisotopic (exact) mass is 441 g/mol. The van der Waals surface area contributed by atoms with Gasteiger partial charge in [-0.1, -0.05) is 46.3 Å². The van der Waals surface area contributed by atoms with Gasteiger partial charge in [0.2, 0.25) is 0 Å². The van der Waals surface area contributed by atoms with Crippen molar-refractivity contribution in [2.75, 3.05) is 18.5 Å². The van der Waals surface area contributed by atoms with Crippen LogP contribution in [-0.2, 0) is 25.6 Å². The predicted molar refractivity (Wildman–Crippen MR) is 106 cm³/mol. The van der Waals surface area contributed by atoms with E-state index in [-0.39, 0.29) is 12.7 Å². The van der Waals surface area contributed by atoms with E-state index in [1.807, 2.05) is 30.3 Å². The van der Waals surface area contributed by atoms with Gasteiger partial charge in [0.25, 0.3) is 0 Å². The Hall–Kier alpha value is -1.60. The summed E-state index contributed by atoms with van der Waals surface area (Å²) in [6.45, 7) is 6.54. The number of carbonyl (C=O) groups is 2. The van der Waals surface area contributed by atoms with Gasteiger partial charge in [-0.3, -0.25) is 4.90 Å². The van der Waals surface area contributed by atoms with Crippen LogP contribution in [0.25, 0.3) is 0 Å². The zero-order valence-corrected chi connectivity index (χ0v) is 17.7. The van der Waals surface area contributed by atoms with E-state index in [2.05, 4.69) is 15.9 Å². The molecule has 1 saturated heterocycles. The first-order chi connectivity index (χ1) is 12.8. The summed E-state index contributed by atoms with van der Waals surface area (Å²) in [5.74, 6) is -0.433. The Morgan fingerprint density at radius 3 is 2.56 bits per heavy atom. The lowest BCUT2D eigenvalue weighted by Gasteiger charge is -2.38. The standard InChI is InChI=1S/C20H28BrNO5/c1-20(2,3)27-19(24)22-11-9-16(25-12-10-21)13-17(22)18(23)26-14-15-7-5-4-6-8-15/h4-8,16-17H,9-14H2,1-3H3. The summed E-state index contributed by atoms with van der Waals surface area (Å²) in [6.07, 6.45) is 0.479. The van der Waals surface area contributed by atoms with Crippen LogP contribution < -0.4 is 0 Å². The summed E-state index contributed by atoms with van der Waals surface area (Å²) in [5.41, 5.74) is 0.274. The SMILES string of the molecule is CC(C)(C)OC(=O)N1CCC(OCCBr)CC1C(=O)OCc1ccccc1. The highest BCUT2D eigenvalue weighted by Gasteiger charge is 2.39. The smallest absolute Gasteiger partial charge is 0.411 e. The maximum absolute atomic E-state index is 12.7. The second-order valence-corrected chi connectivity index (χ2v) is 8.28. The fourth-order valence-corrected chi connectivity index (χ4v) is 3.07. The number of alkyl halides is 1. The molecule has 0 radical (unpaired) electrons. The van der Waals surface area contributed by atoms with Gasteiger partial charge < -0.3 is 14.2 Å². The van der Waals surface area contributed by atoms with E-state index in [0.29, 0.717) is 26.0 Å². The molecule has 2 rings (SSSR count). The highest BCUT2D eigenvalue weighted by molar-refractivity contribution is 9.09. The molecule has 6 nitrogen and oxygen atoms in total. The average molecular weight is 442 g/mol. The highest BCUT2D eigenvalue weighted by Crippen LogP contribution is 2.24. The maximum atomic E-state index is 12.7. The fraction of sp³-hybridized carbons (Fsp3) is 0.600. The molecule has 27 heavy (non-hydrogen) atoms. The summed E-state index contributed by atoms with van der Waals surface area (Å²) < 4.78 is 16.7. The summed E-state index contributed by atoms with van der Waals surface area (Å²) >= 11 is 3.34. The van der Waals surface area contributed by atoms with E-state index in [9.17, 15) is 9.59 Å². The number of rotatable bonds is 6. The predicted octanol–water partition coefficient (Wildman–Crippen LogP) is 3.91. The van der Waals surface area contributed by atoms with Crippen LogP contribution >= 0.6 is 15.9 Å². The molecule has 0 bridgehead atoms. The molecule has 0 saturated carbocycles. The molecule has 2 unspecified atom stereocenters. The minimum Gasteiger partial charge on any atom is -0.459 e. The zero-order valence-electron chi connectivity index (χ0n) is 16.2. The van der Waals surface area contributed by atoms with Crippen LogP contribution in [0.1, 0.15) is 39.2 Å². The first-order valence-electron chi connectivity index (χ1n) is 9.18. The van der Waals surface area contributed by atoms with Crippen LogP contribution in [0.4, 0.5) is 4.79 Å². The molecule has 1 aliphatic heterocycles. The van der Waals surface area contributed by atoms with E-state index in [0.717, 1.165) is 10.9 Å². The number of hydrogen-bond donors (Lipinski definition) is 0. The summed E-state index contributed by atoms with van der Waals surface area (Å²) in [7, 11) is 0. The van der Waals surface area contributed by atoms with Crippen LogP contribution in [0, 0.1) is 0 Å². The molecular weight excluding hydrogens is 414 g/mol. The van der Waals surface area contributed by atoms with Crippen LogP contribution in [0.15, 0.2) is 30.3 Å². The molecule has 1 fully saturated rings. The molecule has 150 valence electrons. The lowest BCUT2D eigenvalue weighted by molar-refractivity contribution is -0.155. The third kappa shape index (κ3) is 7.14. The molecule has 0 aromatic heterocycles. The highest BCUT2D eigenvalue weighted by atomic mass is 79.9. The van der Waals surface area contributed by atoms with Gasteiger partial charge in [0.1, 0.15) is 18.2 Å². The topological polar surface area (TPSA) is 65.1 Å². The van der Waals surface area contributed by atoms with Gasteiger partial charge in [-0.05, 0) is 32.8 Å². The van der Waals surface area contributed by atoms with Crippen molar-refractivity contribution in [2.45, 2.75) is 58.0 Å². The van der Waals surface area contributed by atoms with Gasteiger partial charge in [-0.2, -0.15) is 0 Å². The van der Waals surface area contributed by atoms with Gasteiger partial charge in [0, 0.05) is 18.3 Å². The fourth-order valence-electron chi connectivity index (χ4n) is 2.88. The van der Waals surface area contributed by atoms with Gasteiger partial charge >= 0.3 is 12.1 Å². The number of amides is 1. The second-order valence-electron chi connectivity index (χ2n) is 7.49. The number of likely N-dealkylation sites (tertiary alicyclic amines) is 1. The first-order valence-corrected chi connectivity index (χ1v) is 10.3.